The Morgan fingerprint density at radius 1 is 0.792 bits per heavy atom. The second-order valence-electron chi connectivity index (χ2n) is 3.73. The number of aromatic nitrogens is 3. The van der Waals surface area contributed by atoms with Gasteiger partial charge in [0.15, 0.2) is 0 Å². The number of nitrogens with one attached hydrogen (secondary N) is 1. The zero-order valence-corrected chi connectivity index (χ0v) is 14.4. The van der Waals surface area contributed by atoms with Crippen LogP contribution in [0.4, 0.5) is 0 Å². The normalized spacial score (nSPS) is 7.29. The molecule has 0 aromatic carbocycles. The number of nitrogens with zero attached hydrogens (tertiary/aromatic N) is 3. The smallest absolute Gasteiger partial charge is 0.121 e. The average molecular weight is 365 g/mol. The van der Waals surface area contributed by atoms with Crippen LogP contribution in [0.1, 0.15) is 5.56 Å². The summed E-state index contributed by atoms with van der Waals surface area (Å²) in [4.78, 5) is 0. The fraction of sp³-hybridized carbons (Fsp3) is 0. The molecule has 1 rings (SSSR count). The lowest BCUT2D eigenvalue weighted by molar-refractivity contribution is 0.356. The van der Waals surface area contributed by atoms with Crippen LogP contribution in [0.3, 0.4) is 0 Å². The van der Waals surface area contributed by atoms with Crippen molar-refractivity contribution in [3.63, 3.8) is 0 Å². The third kappa shape index (κ3) is 14.1. The lowest BCUT2D eigenvalue weighted by Crippen LogP contribution is -1.74. The van der Waals surface area contributed by atoms with Crippen LogP contribution in [-0.4, -0.2) is 15.6 Å². The molecular formula is C17H18Cl2N4O. The van der Waals surface area contributed by atoms with Crippen molar-refractivity contribution < 1.29 is 4.52 Å². The Balaban J connectivity index is 0. The van der Waals surface area contributed by atoms with Crippen LogP contribution in [-0.2, 0) is 0 Å². The van der Waals surface area contributed by atoms with Crippen molar-refractivity contribution in [3.05, 3.63) is 96.9 Å². The van der Waals surface area contributed by atoms with Gasteiger partial charge in [-0.25, -0.2) is 0 Å². The van der Waals surface area contributed by atoms with Crippen LogP contribution in [0, 0.1) is 11.3 Å². The first-order chi connectivity index (χ1) is 10.9. The number of hydrogen-bond acceptors (Lipinski definition) is 4. The van der Waals surface area contributed by atoms with Gasteiger partial charge >= 0.3 is 0 Å². The monoisotopic (exact) mass is 364 g/mol. The summed E-state index contributed by atoms with van der Waals surface area (Å²) in [5, 5.41) is 18.5. The molecule has 1 N–H and O–H groups in total. The summed E-state index contributed by atoms with van der Waals surface area (Å²) in [5.74, 6) is 0. The molecule has 7 heteroatoms. The fourth-order valence-corrected chi connectivity index (χ4v) is 1.18. The Morgan fingerprint density at radius 2 is 1.33 bits per heavy atom. The number of aromatic amines is 1. The molecule has 1 aromatic rings. The van der Waals surface area contributed by atoms with Crippen LogP contribution < -0.4 is 0 Å². The lowest BCUT2D eigenvalue weighted by atomic mass is 10.3. The number of hydrogen-bond donors (Lipinski definition) is 1. The molecule has 0 aliphatic carbocycles. The second kappa shape index (κ2) is 18.2. The fourth-order valence-electron chi connectivity index (χ4n) is 1.18. The minimum atomic E-state index is 0. The molecule has 1 aromatic heterocycles. The summed E-state index contributed by atoms with van der Waals surface area (Å²) in [7, 11) is 0. The van der Waals surface area contributed by atoms with Crippen molar-refractivity contribution in [3.8, 4) is 6.07 Å². The summed E-state index contributed by atoms with van der Waals surface area (Å²) in [6.07, 6.45) is 2.90. The highest BCUT2D eigenvalue weighted by Gasteiger charge is 1.77. The van der Waals surface area contributed by atoms with Crippen LogP contribution in [0.15, 0.2) is 95.8 Å². The van der Waals surface area contributed by atoms with E-state index in [1.807, 2.05) is 42.5 Å². The van der Waals surface area contributed by atoms with Gasteiger partial charge in [0, 0.05) is 0 Å². The summed E-state index contributed by atoms with van der Waals surface area (Å²) < 4.78 is 4.86. The largest absolute Gasteiger partial charge is 0.372 e. The first kappa shape index (κ1) is 23.5. The Bertz CT molecular complexity index is 657. The molecule has 0 unspecified atom stereocenters. The molecule has 24 heavy (non-hydrogen) atoms. The maximum absolute atomic E-state index is 8.97. The molecule has 126 valence electrons. The standard InChI is InChI=1S/C17H16N4O.2ClH/c18-16-17-12-8-6-4-2-1-3-5-7-11-15-22-21-20-19-14-10-9-13-17;;/h1-15H,(H,19,21);2*1H. The maximum atomic E-state index is 8.97. The van der Waals surface area contributed by atoms with E-state index in [9.17, 15) is 0 Å². The first-order valence-corrected chi connectivity index (χ1v) is 6.51. The SMILES string of the molecule is Cl.Cl.N#Cc1ccccccccccco[nH]nncccc1. The van der Waals surface area contributed by atoms with E-state index in [2.05, 4.69) is 21.7 Å². The summed E-state index contributed by atoms with van der Waals surface area (Å²) >= 11 is 0. The molecule has 0 amide bonds. The number of halogens is 2. The minimum Gasteiger partial charge on any atom is -0.372 e. The molecule has 0 spiro atoms. The summed E-state index contributed by atoms with van der Waals surface area (Å²) in [6, 6.07) is 25.4. The molecule has 0 fully saturated rings. The number of H-pyrrole nitrogens is 1. The van der Waals surface area contributed by atoms with E-state index in [1.165, 1.54) is 12.5 Å². The number of nitriles is 1. The molecule has 0 bridgehead atoms. The van der Waals surface area contributed by atoms with E-state index < -0.39 is 0 Å². The van der Waals surface area contributed by atoms with Crippen LogP contribution in [0.2, 0.25) is 0 Å². The molecular weight excluding hydrogens is 347 g/mol. The van der Waals surface area contributed by atoms with E-state index in [1.54, 1.807) is 36.4 Å². The zero-order valence-electron chi connectivity index (χ0n) is 12.7. The van der Waals surface area contributed by atoms with E-state index in [4.69, 9.17) is 9.78 Å². The Labute approximate surface area is 153 Å². The molecule has 0 saturated carbocycles. The highest BCUT2D eigenvalue weighted by atomic mass is 35.5. The third-order valence-corrected chi connectivity index (χ3v) is 2.13. The van der Waals surface area contributed by atoms with Gasteiger partial charge < -0.3 is 4.52 Å². The highest BCUT2D eigenvalue weighted by molar-refractivity contribution is 5.85. The van der Waals surface area contributed by atoms with Crippen molar-refractivity contribution in [1.29, 1.82) is 5.26 Å². The zero-order chi connectivity index (χ0) is 15.7. The number of rotatable bonds is 0. The van der Waals surface area contributed by atoms with Crippen molar-refractivity contribution in [1.82, 2.24) is 15.6 Å². The Morgan fingerprint density at radius 3 is 1.96 bits per heavy atom. The van der Waals surface area contributed by atoms with Crippen molar-refractivity contribution in [2.75, 3.05) is 0 Å². The third-order valence-electron chi connectivity index (χ3n) is 2.13. The van der Waals surface area contributed by atoms with E-state index in [-0.39, 0.29) is 24.8 Å². The second-order valence-corrected chi connectivity index (χ2v) is 3.73. The lowest BCUT2D eigenvalue weighted by Gasteiger charge is -1.76. The van der Waals surface area contributed by atoms with E-state index in [0.29, 0.717) is 5.56 Å². The van der Waals surface area contributed by atoms with Crippen molar-refractivity contribution in [2.24, 2.45) is 0 Å². The van der Waals surface area contributed by atoms with Gasteiger partial charge in [-0.3, -0.25) is 0 Å². The minimum absolute atomic E-state index is 0. The maximum Gasteiger partial charge on any atom is 0.121 e. The van der Waals surface area contributed by atoms with Crippen molar-refractivity contribution >= 4 is 24.8 Å². The van der Waals surface area contributed by atoms with Gasteiger partial charge in [-0.05, 0) is 29.5 Å². The molecule has 0 aliphatic heterocycles. The summed E-state index contributed by atoms with van der Waals surface area (Å²) in [6.45, 7) is 0. The molecule has 0 saturated heterocycles. The van der Waals surface area contributed by atoms with Gasteiger partial charge in [0.05, 0.1) is 17.8 Å². The molecule has 1 heterocycles. The highest BCUT2D eigenvalue weighted by Crippen LogP contribution is 1.89. The molecule has 5 nitrogen and oxygen atoms in total. The predicted octanol–water partition coefficient (Wildman–Crippen LogP) is 4.61. The predicted molar refractivity (Wildman–Crippen MR) is 98.4 cm³/mol. The average Bonchev–Trinajstić information content (AvgIpc) is 2.54. The van der Waals surface area contributed by atoms with Gasteiger partial charge in [-0.1, -0.05) is 54.6 Å². The quantitative estimate of drug-likeness (QED) is 0.728. The van der Waals surface area contributed by atoms with E-state index in [0.717, 1.165) is 0 Å². The topological polar surface area (TPSA) is 78.5 Å². The molecule has 0 radical (unpaired) electrons. The Kier molecular flexibility index (Phi) is 17.8. The Hall–Kier alpha value is -2.81. The van der Waals surface area contributed by atoms with Crippen LogP contribution in [0.25, 0.3) is 0 Å². The molecule has 0 atom stereocenters. The van der Waals surface area contributed by atoms with Crippen LogP contribution in [0.5, 0.6) is 0 Å². The van der Waals surface area contributed by atoms with Gasteiger partial charge in [0.25, 0.3) is 0 Å². The van der Waals surface area contributed by atoms with Gasteiger partial charge in [-0.2, -0.15) is 5.26 Å². The van der Waals surface area contributed by atoms with Gasteiger partial charge in [0.1, 0.15) is 6.26 Å². The van der Waals surface area contributed by atoms with Gasteiger partial charge in [-0.15, -0.1) is 35.2 Å². The van der Waals surface area contributed by atoms with E-state index >= 15 is 0 Å². The van der Waals surface area contributed by atoms with Crippen molar-refractivity contribution in [2.45, 2.75) is 0 Å². The van der Waals surface area contributed by atoms with Gasteiger partial charge in [0.2, 0.25) is 0 Å². The molecule has 0 aliphatic rings. The first-order valence-electron chi connectivity index (χ1n) is 6.51. The van der Waals surface area contributed by atoms with Crippen LogP contribution >= 0.6 is 24.8 Å². The summed E-state index contributed by atoms with van der Waals surface area (Å²) in [5.41, 5.74) is 0.533.